The average molecular weight is 419 g/mol. The van der Waals surface area contributed by atoms with Crippen LogP contribution in [0.3, 0.4) is 0 Å². The van der Waals surface area contributed by atoms with Crippen LogP contribution in [-0.4, -0.2) is 50.1 Å². The van der Waals surface area contributed by atoms with Crippen molar-refractivity contribution in [2.45, 2.75) is 6.54 Å². The highest BCUT2D eigenvalue weighted by atomic mass is 19.1. The summed E-state index contributed by atoms with van der Waals surface area (Å²) in [5.41, 5.74) is -1.06. The Balaban J connectivity index is 2.01. The second-order valence-electron chi connectivity index (χ2n) is 7.18. The van der Waals surface area contributed by atoms with Crippen molar-refractivity contribution in [3.63, 3.8) is 0 Å². The molecule has 0 bridgehead atoms. The minimum Gasteiger partial charge on any atom is -0.595 e. The second-order valence-corrected chi connectivity index (χ2v) is 7.18. The highest BCUT2D eigenvalue weighted by molar-refractivity contribution is 5.75. The fourth-order valence-electron chi connectivity index (χ4n) is 3.77. The van der Waals surface area contributed by atoms with Gasteiger partial charge in [-0.2, -0.15) is 10.2 Å². The van der Waals surface area contributed by atoms with Gasteiger partial charge in [-0.25, -0.2) is 14.4 Å². The van der Waals surface area contributed by atoms with E-state index < -0.39 is 22.3 Å². The summed E-state index contributed by atoms with van der Waals surface area (Å²) < 4.78 is 18.4. The summed E-state index contributed by atoms with van der Waals surface area (Å²) in [5.74, 6) is -0.297. The number of halogens is 1. The third-order valence-corrected chi connectivity index (χ3v) is 5.39. The number of hydrogen-bond acceptors (Lipinski definition) is 7. The number of anilines is 1. The molecule has 1 saturated heterocycles. The molecule has 1 unspecified atom stereocenters. The molecule has 1 fully saturated rings. The van der Waals surface area contributed by atoms with E-state index in [2.05, 4.69) is 10.3 Å². The van der Waals surface area contributed by atoms with Gasteiger partial charge in [0.25, 0.3) is 5.56 Å². The van der Waals surface area contributed by atoms with Crippen molar-refractivity contribution in [2.75, 3.05) is 31.1 Å². The highest BCUT2D eigenvalue weighted by Crippen LogP contribution is 2.25. The monoisotopic (exact) mass is 419 g/mol. The Morgan fingerprint density at radius 3 is 2.60 bits per heavy atom. The Morgan fingerprint density at radius 1 is 1.23 bits per heavy atom. The van der Waals surface area contributed by atoms with E-state index in [0.717, 1.165) is 4.57 Å². The number of nitrogens with zero attached hydrogens (tertiary/aromatic N) is 5. The first-order valence-corrected chi connectivity index (χ1v) is 9.44. The zero-order valence-electron chi connectivity index (χ0n) is 16.6. The number of aromatic nitrogens is 4. The molecular formula is C18H22FN7O4. The van der Waals surface area contributed by atoms with E-state index in [1.54, 1.807) is 0 Å². The molecule has 0 spiro atoms. The van der Waals surface area contributed by atoms with Crippen LogP contribution in [0.25, 0.3) is 11.2 Å². The molecule has 11 nitrogen and oxygen atoms in total. The van der Waals surface area contributed by atoms with Gasteiger partial charge in [0, 0.05) is 46.3 Å². The smallest absolute Gasteiger partial charge is 0.332 e. The molecular weight excluding hydrogens is 397 g/mol. The number of quaternary nitrogens is 1. The van der Waals surface area contributed by atoms with Crippen LogP contribution >= 0.6 is 0 Å². The Hall–Kier alpha value is -3.06. The van der Waals surface area contributed by atoms with Gasteiger partial charge in [-0.15, -0.1) is 0 Å². The molecule has 1 atom stereocenters. The number of imidazole rings is 1. The number of hydrogen-bond donors (Lipinski definition) is 3. The summed E-state index contributed by atoms with van der Waals surface area (Å²) in [6, 6.07) is 3.83. The van der Waals surface area contributed by atoms with Crippen molar-refractivity contribution in [1.82, 2.24) is 24.0 Å². The van der Waals surface area contributed by atoms with E-state index in [1.807, 2.05) is 4.90 Å². The molecule has 2 aromatic heterocycles. The van der Waals surface area contributed by atoms with Gasteiger partial charge in [0.05, 0.1) is 12.1 Å². The van der Waals surface area contributed by atoms with E-state index in [-0.39, 0.29) is 29.0 Å². The highest BCUT2D eigenvalue weighted by Gasteiger charge is 2.26. The third-order valence-electron chi connectivity index (χ3n) is 5.39. The number of benzene rings is 1. The molecule has 1 aliphatic rings. The molecule has 3 N–H and O–H groups in total. The van der Waals surface area contributed by atoms with Gasteiger partial charge in [-0.3, -0.25) is 18.5 Å². The van der Waals surface area contributed by atoms with Crippen LogP contribution in [0, 0.1) is 11.0 Å². The molecule has 1 aromatic carbocycles. The Morgan fingerprint density at radius 2 is 1.93 bits per heavy atom. The molecule has 3 aromatic rings. The van der Waals surface area contributed by atoms with Crippen molar-refractivity contribution in [1.29, 1.82) is 0 Å². The van der Waals surface area contributed by atoms with Crippen LogP contribution in [0.15, 0.2) is 27.8 Å². The molecule has 4 rings (SSSR count). The first-order valence-electron chi connectivity index (χ1n) is 9.44. The van der Waals surface area contributed by atoms with Crippen LogP contribution in [0.4, 0.5) is 16.0 Å². The van der Waals surface area contributed by atoms with Crippen molar-refractivity contribution >= 4 is 22.8 Å². The summed E-state index contributed by atoms with van der Waals surface area (Å²) in [6.45, 7) is 2.37. The molecule has 3 heterocycles. The molecule has 0 amide bonds. The topological polar surface area (TPSA) is 125 Å². The van der Waals surface area contributed by atoms with Gasteiger partial charge in [-0.05, 0) is 6.07 Å². The summed E-state index contributed by atoms with van der Waals surface area (Å²) >= 11 is 0. The lowest BCUT2D eigenvalue weighted by Gasteiger charge is -2.29. The lowest BCUT2D eigenvalue weighted by molar-refractivity contribution is -0.991. The first kappa shape index (κ1) is 20.2. The first-order chi connectivity index (χ1) is 14.3. The minimum absolute atomic E-state index is 0.0587. The number of rotatable bonds is 4. The van der Waals surface area contributed by atoms with Crippen LogP contribution in [0.2, 0.25) is 0 Å². The molecule has 30 heavy (non-hydrogen) atoms. The van der Waals surface area contributed by atoms with Gasteiger partial charge in [-0.1, -0.05) is 6.07 Å². The zero-order chi connectivity index (χ0) is 21.6. The molecule has 0 radical (unpaired) electrons. The third kappa shape index (κ3) is 3.19. The number of aryl methyl sites for hydroxylation is 1. The number of piperazine rings is 1. The van der Waals surface area contributed by atoms with Crippen LogP contribution in [0.5, 0.6) is 0 Å². The van der Waals surface area contributed by atoms with E-state index in [1.165, 1.54) is 41.4 Å². The van der Waals surface area contributed by atoms with Crippen molar-refractivity contribution in [2.24, 2.45) is 14.1 Å². The van der Waals surface area contributed by atoms with Crippen LogP contribution < -0.4 is 26.7 Å². The largest absolute Gasteiger partial charge is 0.595 e. The molecule has 12 heteroatoms. The Labute approximate surface area is 169 Å². The Kier molecular flexibility index (Phi) is 5.15. The summed E-state index contributed by atoms with van der Waals surface area (Å²) in [7, 11) is 2.87. The van der Waals surface area contributed by atoms with Crippen LogP contribution in [0.1, 0.15) is 5.56 Å². The van der Waals surface area contributed by atoms with Gasteiger partial charge in [0.1, 0.15) is 5.82 Å². The second kappa shape index (κ2) is 7.65. The van der Waals surface area contributed by atoms with Crippen molar-refractivity contribution < 1.29 is 14.8 Å². The van der Waals surface area contributed by atoms with E-state index >= 15 is 0 Å². The lowest BCUT2D eigenvalue weighted by atomic mass is 10.1. The van der Waals surface area contributed by atoms with E-state index in [4.69, 9.17) is 0 Å². The van der Waals surface area contributed by atoms with Crippen molar-refractivity contribution in [3.8, 4) is 0 Å². The summed E-state index contributed by atoms with van der Waals surface area (Å²) in [4.78, 5) is 31.8. The van der Waals surface area contributed by atoms with Gasteiger partial charge >= 0.3 is 5.69 Å². The maximum atomic E-state index is 14.6. The molecule has 0 aliphatic carbocycles. The Bertz CT molecular complexity index is 1220. The van der Waals surface area contributed by atoms with Crippen LogP contribution in [-0.2, 0) is 20.6 Å². The van der Waals surface area contributed by atoms with Gasteiger partial charge < -0.3 is 15.4 Å². The fourth-order valence-corrected chi connectivity index (χ4v) is 3.77. The molecule has 1 aliphatic heterocycles. The quantitative estimate of drug-likeness (QED) is 0.437. The maximum Gasteiger partial charge on any atom is 0.332 e. The summed E-state index contributed by atoms with van der Waals surface area (Å²) in [5, 5.41) is 23.1. The predicted octanol–water partition coefficient (Wildman–Crippen LogP) is -1.57. The summed E-state index contributed by atoms with van der Waals surface area (Å²) in [6.07, 6.45) is 0. The molecule has 0 saturated carbocycles. The van der Waals surface area contributed by atoms with Gasteiger partial charge in [0.15, 0.2) is 16.9 Å². The van der Waals surface area contributed by atoms with E-state index in [9.17, 15) is 24.4 Å². The van der Waals surface area contributed by atoms with E-state index in [0.29, 0.717) is 32.1 Å². The minimum atomic E-state index is -1.27. The zero-order valence-corrected chi connectivity index (χ0v) is 16.6. The predicted molar refractivity (Wildman–Crippen MR) is 107 cm³/mol. The van der Waals surface area contributed by atoms with Gasteiger partial charge in [0.2, 0.25) is 5.95 Å². The average Bonchev–Trinajstić information content (AvgIpc) is 3.12. The SMILES string of the molecule is Cn1c(=O)c2c(nc(N3CCNCC3)n2Cc2c(F)cccc2[NH+]([O-])O)n(C)c1=O. The van der Waals surface area contributed by atoms with Crippen molar-refractivity contribution in [3.05, 3.63) is 55.6 Å². The lowest BCUT2D eigenvalue weighted by Crippen LogP contribution is -2.99. The molecule has 160 valence electrons. The number of nitrogens with one attached hydrogen (secondary N) is 2. The fraction of sp³-hybridized carbons (Fsp3) is 0.389. The number of fused-ring (bicyclic) bond motifs is 1. The standard InChI is InChI=1S/C18H22FN7O4/c1-22-15-14(16(27)23(2)18(22)28)25(17(21-15)24-8-6-20-7-9-24)10-11-12(19)4-3-5-13(11)26(29)30/h3-5,20,26,29H,6-10H2,1-2H3. The normalized spacial score (nSPS) is 15.7. The maximum absolute atomic E-state index is 14.6.